The van der Waals surface area contributed by atoms with E-state index < -0.39 is 12.0 Å². The average Bonchev–Trinajstić information content (AvgIpc) is 3.15. The number of esters is 1. The first kappa shape index (κ1) is 28.8. The van der Waals surface area contributed by atoms with Crippen molar-refractivity contribution in [3.05, 3.63) is 85.6 Å². The lowest BCUT2D eigenvalue weighted by Gasteiger charge is -2.26. The fraction of sp³-hybridized carbons (Fsp3) is 0.321. The van der Waals surface area contributed by atoms with Gasteiger partial charge in [-0.05, 0) is 104 Å². The van der Waals surface area contributed by atoms with Crippen LogP contribution in [0.15, 0.2) is 57.5 Å². The number of para-hydroxylation sites is 1. The van der Waals surface area contributed by atoms with E-state index in [0.717, 1.165) is 18.5 Å². The summed E-state index contributed by atoms with van der Waals surface area (Å²) >= 11 is 5.79. The van der Waals surface area contributed by atoms with E-state index in [0.29, 0.717) is 38.5 Å². The molecule has 0 saturated carbocycles. The number of carbonyl (C=O) groups excluding carboxylic acids is 1. The van der Waals surface area contributed by atoms with Crippen molar-refractivity contribution in [2.45, 2.75) is 46.8 Å². The maximum atomic E-state index is 14.0. The first-order chi connectivity index (χ1) is 18.2. The highest BCUT2D eigenvalue weighted by Gasteiger charge is 2.35. The number of aromatic nitrogens is 1. The molecule has 1 aliphatic heterocycles. The highest BCUT2D eigenvalue weighted by Crippen LogP contribution is 2.36. The molecule has 0 bridgehead atoms. The van der Waals surface area contributed by atoms with Gasteiger partial charge in [-0.15, -0.1) is 0 Å². The number of allylic oxidation sites excluding steroid dienone is 1. The summed E-state index contributed by atoms with van der Waals surface area (Å²) in [6, 6.07) is 10.8. The van der Waals surface area contributed by atoms with Gasteiger partial charge in [0.1, 0.15) is 17.5 Å². The Bertz CT molecular complexity index is 1590. The predicted octanol–water partition coefficient (Wildman–Crippen LogP) is 5.19. The molecule has 0 unspecified atom stereocenters. The normalized spacial score (nSPS) is 15.4. The van der Waals surface area contributed by atoms with Gasteiger partial charge in [-0.25, -0.2) is 9.79 Å². The summed E-state index contributed by atoms with van der Waals surface area (Å²) in [5.74, 6) is 0.831. The van der Waals surface area contributed by atoms with Crippen molar-refractivity contribution in [3.63, 3.8) is 0 Å². The van der Waals surface area contributed by atoms with Gasteiger partial charge in [-0.1, -0.05) is 29.5 Å². The molecule has 3 aromatic rings. The summed E-state index contributed by atoms with van der Waals surface area (Å²) in [5.41, 5.74) is 2.10. The molecule has 1 aliphatic rings. The van der Waals surface area contributed by atoms with Crippen LogP contribution in [0, 0.1) is 7.14 Å². The summed E-state index contributed by atoms with van der Waals surface area (Å²) in [4.78, 5) is 32.4. The first-order valence-electron chi connectivity index (χ1n) is 12.2. The summed E-state index contributed by atoms with van der Waals surface area (Å²) in [6.45, 7) is 10.1. The zero-order valence-corrected chi connectivity index (χ0v) is 26.8. The summed E-state index contributed by atoms with van der Waals surface area (Å²) in [5, 5.41) is 0. The monoisotopic (exact) mass is 758 g/mol. The standard InChI is InChI=1S/C28H28I2N2O5S/c1-6-35-25-17(12-18(29)14-20(25)30)13-22-26(33)32-24(19-10-8-9-11-21(19)37-15(3)4)23(27(34)36-7-2)16(5)31-28(32)38-22/h8-15,24H,6-7H2,1-5H3/b22-13-/t24-/m1/s1. The molecule has 38 heavy (non-hydrogen) atoms. The first-order valence-corrected chi connectivity index (χ1v) is 15.2. The fourth-order valence-electron chi connectivity index (χ4n) is 4.28. The van der Waals surface area contributed by atoms with Gasteiger partial charge in [-0.3, -0.25) is 9.36 Å². The zero-order valence-electron chi connectivity index (χ0n) is 21.7. The van der Waals surface area contributed by atoms with Crippen molar-refractivity contribution in [2.24, 2.45) is 4.99 Å². The van der Waals surface area contributed by atoms with E-state index in [9.17, 15) is 9.59 Å². The minimum Gasteiger partial charge on any atom is -0.492 e. The molecule has 0 N–H and O–H groups in total. The minimum atomic E-state index is -0.746. The fourth-order valence-corrected chi connectivity index (χ4v) is 7.36. The Kier molecular flexibility index (Phi) is 9.35. The van der Waals surface area contributed by atoms with Crippen LogP contribution < -0.4 is 24.4 Å². The van der Waals surface area contributed by atoms with Crippen molar-refractivity contribution in [3.8, 4) is 11.5 Å². The molecule has 1 aromatic heterocycles. The molecular weight excluding hydrogens is 730 g/mol. The van der Waals surface area contributed by atoms with Crippen molar-refractivity contribution in [2.75, 3.05) is 13.2 Å². The molecule has 2 heterocycles. The molecule has 0 radical (unpaired) electrons. The van der Waals surface area contributed by atoms with Crippen LogP contribution in [0.4, 0.5) is 0 Å². The average molecular weight is 758 g/mol. The number of hydrogen-bond donors (Lipinski definition) is 0. The predicted molar refractivity (Wildman–Crippen MR) is 166 cm³/mol. The van der Waals surface area contributed by atoms with Gasteiger partial charge in [-0.2, -0.15) is 0 Å². The number of benzene rings is 2. The van der Waals surface area contributed by atoms with Gasteiger partial charge in [0.2, 0.25) is 0 Å². The molecule has 0 fully saturated rings. The highest BCUT2D eigenvalue weighted by molar-refractivity contribution is 14.1. The Balaban J connectivity index is 2.01. The van der Waals surface area contributed by atoms with Crippen LogP contribution in [-0.2, 0) is 9.53 Å². The van der Waals surface area contributed by atoms with E-state index in [4.69, 9.17) is 14.2 Å². The number of rotatable bonds is 8. The van der Waals surface area contributed by atoms with Gasteiger partial charge in [0, 0.05) is 14.7 Å². The molecule has 200 valence electrons. The maximum Gasteiger partial charge on any atom is 0.338 e. The highest BCUT2D eigenvalue weighted by atomic mass is 127. The Labute approximate surface area is 252 Å². The summed E-state index contributed by atoms with van der Waals surface area (Å²) < 4.78 is 21.5. The molecule has 0 spiro atoms. The lowest BCUT2D eigenvalue weighted by Crippen LogP contribution is -2.40. The van der Waals surface area contributed by atoms with Crippen LogP contribution in [0.3, 0.4) is 0 Å². The molecule has 0 amide bonds. The summed E-state index contributed by atoms with van der Waals surface area (Å²) in [6.07, 6.45) is 1.75. The lowest BCUT2D eigenvalue weighted by atomic mass is 9.95. The Morgan fingerprint density at radius 3 is 2.61 bits per heavy atom. The zero-order chi connectivity index (χ0) is 27.6. The van der Waals surface area contributed by atoms with Gasteiger partial charge in [0.15, 0.2) is 4.80 Å². The molecule has 10 heteroatoms. The van der Waals surface area contributed by atoms with Crippen LogP contribution >= 0.6 is 56.5 Å². The Hall–Kier alpha value is -2.19. The van der Waals surface area contributed by atoms with Crippen LogP contribution in [0.2, 0.25) is 0 Å². The lowest BCUT2D eigenvalue weighted by molar-refractivity contribution is -0.139. The quantitative estimate of drug-likeness (QED) is 0.234. The second-order valence-corrected chi connectivity index (χ2v) is 12.2. The van der Waals surface area contributed by atoms with Gasteiger partial charge >= 0.3 is 5.97 Å². The van der Waals surface area contributed by atoms with Crippen molar-refractivity contribution >= 4 is 68.6 Å². The van der Waals surface area contributed by atoms with Crippen molar-refractivity contribution in [1.29, 1.82) is 0 Å². The molecular formula is C28H28I2N2O5S. The van der Waals surface area contributed by atoms with Crippen molar-refractivity contribution in [1.82, 2.24) is 4.57 Å². The number of carbonyl (C=O) groups is 1. The number of fused-ring (bicyclic) bond motifs is 1. The number of thiazole rings is 1. The van der Waals surface area contributed by atoms with E-state index in [2.05, 4.69) is 50.2 Å². The smallest absolute Gasteiger partial charge is 0.338 e. The molecule has 2 aromatic carbocycles. The third-order valence-electron chi connectivity index (χ3n) is 5.71. The second kappa shape index (κ2) is 12.3. The number of ether oxygens (including phenoxy) is 3. The minimum absolute atomic E-state index is 0.0943. The number of halogens is 2. The molecule has 0 aliphatic carbocycles. The van der Waals surface area contributed by atoms with E-state index >= 15 is 0 Å². The third-order valence-corrected chi connectivity index (χ3v) is 8.11. The maximum absolute atomic E-state index is 14.0. The van der Waals surface area contributed by atoms with E-state index in [1.54, 1.807) is 18.4 Å². The Morgan fingerprint density at radius 1 is 1.18 bits per heavy atom. The number of nitrogens with zero attached hydrogens (tertiary/aromatic N) is 2. The van der Waals surface area contributed by atoms with Crippen LogP contribution in [0.5, 0.6) is 11.5 Å². The van der Waals surface area contributed by atoms with E-state index in [1.165, 1.54) is 11.3 Å². The largest absolute Gasteiger partial charge is 0.492 e. The van der Waals surface area contributed by atoms with E-state index in [1.807, 2.05) is 63.2 Å². The van der Waals surface area contributed by atoms with Gasteiger partial charge in [0.25, 0.3) is 5.56 Å². The SMILES string of the molecule is CCOC(=O)C1=C(C)N=c2s/c(=C\c3cc(I)cc(I)c3OCC)c(=O)n2[C@@H]1c1ccccc1OC(C)C. The molecule has 1 atom stereocenters. The molecule has 0 saturated heterocycles. The van der Waals surface area contributed by atoms with Crippen LogP contribution in [0.1, 0.15) is 51.8 Å². The molecule has 7 nitrogen and oxygen atoms in total. The number of hydrogen-bond acceptors (Lipinski definition) is 7. The summed E-state index contributed by atoms with van der Waals surface area (Å²) in [7, 11) is 0. The van der Waals surface area contributed by atoms with Crippen LogP contribution in [0.25, 0.3) is 6.08 Å². The second-order valence-electron chi connectivity index (χ2n) is 8.75. The van der Waals surface area contributed by atoms with Gasteiger partial charge in [0.05, 0.1) is 38.7 Å². The van der Waals surface area contributed by atoms with Crippen molar-refractivity contribution < 1.29 is 19.0 Å². The third kappa shape index (κ3) is 5.86. The topological polar surface area (TPSA) is 79.1 Å². The van der Waals surface area contributed by atoms with E-state index in [-0.39, 0.29) is 18.3 Å². The van der Waals surface area contributed by atoms with Gasteiger partial charge < -0.3 is 14.2 Å². The Morgan fingerprint density at radius 2 is 1.92 bits per heavy atom. The molecule has 4 rings (SSSR count). The van der Waals surface area contributed by atoms with Crippen LogP contribution in [-0.4, -0.2) is 29.9 Å².